The first-order valence-corrected chi connectivity index (χ1v) is 13.1. The number of fused-ring (bicyclic) bond motifs is 1. The molecule has 1 saturated carbocycles. The van der Waals surface area contributed by atoms with Crippen LogP contribution in [0.15, 0.2) is 60.0 Å². The monoisotopic (exact) mass is 567 g/mol. The fourth-order valence-corrected chi connectivity index (χ4v) is 5.24. The second-order valence-electron chi connectivity index (χ2n) is 10.9. The Kier molecular flexibility index (Phi) is 7.28. The second kappa shape index (κ2) is 10.6. The summed E-state index contributed by atoms with van der Waals surface area (Å²) in [5, 5.41) is 18.0. The zero-order chi connectivity index (χ0) is 29.5. The number of nitrogens with two attached hydrogens (primary N) is 2. The molecule has 2 atom stereocenters. The third-order valence-corrected chi connectivity index (χ3v) is 7.83. The number of phenolic OH excluding ortho intramolecular Hbond substituents is 1. The van der Waals surface area contributed by atoms with Gasteiger partial charge in [-0.3, -0.25) is 0 Å². The largest absolute Gasteiger partial charge is 0.508 e. The highest BCUT2D eigenvalue weighted by Crippen LogP contribution is 2.40. The van der Waals surface area contributed by atoms with Gasteiger partial charge in [-0.2, -0.15) is 18.3 Å². The van der Waals surface area contributed by atoms with Crippen LogP contribution in [0.5, 0.6) is 11.6 Å². The van der Waals surface area contributed by atoms with E-state index in [1.807, 2.05) is 18.3 Å². The Bertz CT molecular complexity index is 1600. The molecule has 12 heteroatoms. The van der Waals surface area contributed by atoms with Crippen molar-refractivity contribution in [3.63, 3.8) is 0 Å². The molecule has 1 aliphatic carbocycles. The Balaban J connectivity index is 1.63. The van der Waals surface area contributed by atoms with Gasteiger partial charge in [0.1, 0.15) is 11.6 Å². The van der Waals surface area contributed by atoms with Crippen molar-refractivity contribution in [3.05, 3.63) is 66.1 Å². The lowest BCUT2D eigenvalue weighted by atomic mass is 9.84. The first-order chi connectivity index (χ1) is 19.4. The summed E-state index contributed by atoms with van der Waals surface area (Å²) in [5.41, 5.74) is 15.9. The van der Waals surface area contributed by atoms with Crippen LogP contribution in [0.2, 0.25) is 0 Å². The Morgan fingerprint density at radius 1 is 1.17 bits per heavy atom. The normalized spacial score (nSPS) is 19.0. The van der Waals surface area contributed by atoms with Crippen molar-refractivity contribution < 1.29 is 23.0 Å². The van der Waals surface area contributed by atoms with Crippen LogP contribution in [0.25, 0.3) is 16.6 Å². The van der Waals surface area contributed by atoms with E-state index in [2.05, 4.69) is 34.2 Å². The van der Waals surface area contributed by atoms with Gasteiger partial charge in [-0.25, -0.2) is 14.5 Å². The Hall–Kier alpha value is -4.32. The number of anilines is 1. The zero-order valence-electron chi connectivity index (χ0n) is 22.9. The van der Waals surface area contributed by atoms with Crippen molar-refractivity contribution in [1.82, 2.24) is 14.6 Å². The van der Waals surface area contributed by atoms with Crippen molar-refractivity contribution in [1.29, 1.82) is 0 Å². The van der Waals surface area contributed by atoms with Crippen LogP contribution < -0.4 is 21.5 Å². The highest BCUT2D eigenvalue weighted by Gasteiger charge is 2.41. The van der Waals surface area contributed by atoms with Gasteiger partial charge in [-0.05, 0) is 54.2 Å². The molecule has 0 saturated heterocycles. The number of pyridine rings is 1. The van der Waals surface area contributed by atoms with Gasteiger partial charge in [0.05, 0.1) is 42.2 Å². The molecule has 3 heterocycles. The van der Waals surface area contributed by atoms with Crippen LogP contribution in [0.1, 0.15) is 37.8 Å². The van der Waals surface area contributed by atoms with Crippen LogP contribution >= 0.6 is 0 Å². The van der Waals surface area contributed by atoms with Crippen LogP contribution in [0, 0.1) is 5.41 Å². The van der Waals surface area contributed by atoms with Gasteiger partial charge >= 0.3 is 6.18 Å². The number of benzene rings is 1. The van der Waals surface area contributed by atoms with E-state index in [1.165, 1.54) is 18.3 Å². The van der Waals surface area contributed by atoms with E-state index in [4.69, 9.17) is 16.2 Å². The maximum Gasteiger partial charge on any atom is 0.393 e. The maximum absolute atomic E-state index is 13.3. The highest BCUT2D eigenvalue weighted by molar-refractivity contribution is 6.06. The number of aromatic hydroxyl groups is 1. The molecule has 216 valence electrons. The van der Waals surface area contributed by atoms with E-state index in [0.29, 0.717) is 22.6 Å². The molecule has 6 N–H and O–H groups in total. The molecule has 1 aromatic carbocycles. The number of nitrogens with zero attached hydrogens (tertiary/aromatic N) is 4. The summed E-state index contributed by atoms with van der Waals surface area (Å²) >= 11 is 0. The molecule has 9 nitrogen and oxygen atoms in total. The summed E-state index contributed by atoms with van der Waals surface area (Å²) < 4.78 is 46.7. The minimum absolute atomic E-state index is 0.00652. The maximum atomic E-state index is 13.3. The molecule has 0 radical (unpaired) electrons. The molecule has 0 amide bonds. The van der Waals surface area contributed by atoms with Crippen LogP contribution in [0.3, 0.4) is 0 Å². The number of halogens is 3. The van der Waals surface area contributed by atoms with Crippen LogP contribution in [-0.2, 0) is 6.42 Å². The quantitative estimate of drug-likeness (QED) is 0.178. The van der Waals surface area contributed by atoms with Crippen molar-refractivity contribution >= 4 is 22.7 Å². The summed E-state index contributed by atoms with van der Waals surface area (Å²) in [6, 6.07) is 9.20. The third kappa shape index (κ3) is 5.78. The lowest BCUT2D eigenvalue weighted by Crippen LogP contribution is -2.42. The van der Waals surface area contributed by atoms with Crippen LogP contribution in [0.4, 0.5) is 24.5 Å². The fraction of sp³-hybridized carbons (Fsp3) is 0.345. The number of ether oxygens (including phenoxy) is 1. The standard InChI is InChI=1S/C29H32F3N7O2/c1-28(2)23(33)7-8-24(28)38-26-20(27(34)37-21-6-5-19(40)10-17(21)12-29(30,31)32)14-36-39-15-18(11-22(26)39)16-4-9-25(41-3)35-13-16/h4-6,9-11,13-15,23-24,38,40H,7-8,12,33H2,1-3H3,(H2,34,37). The number of phenols is 1. The molecular formula is C29H32F3N7O2. The molecule has 1 fully saturated rings. The summed E-state index contributed by atoms with van der Waals surface area (Å²) in [5.74, 6) is 0.175. The lowest BCUT2D eigenvalue weighted by molar-refractivity contribution is -0.127. The second-order valence-corrected chi connectivity index (χ2v) is 10.9. The van der Waals surface area contributed by atoms with Crippen molar-refractivity contribution in [2.45, 2.75) is 51.4 Å². The van der Waals surface area contributed by atoms with Crippen molar-refractivity contribution in [2.24, 2.45) is 21.9 Å². The molecule has 5 rings (SSSR count). The fourth-order valence-electron chi connectivity index (χ4n) is 5.24. The average Bonchev–Trinajstić information content (AvgIpc) is 3.46. The first-order valence-electron chi connectivity index (χ1n) is 13.1. The van der Waals surface area contributed by atoms with Crippen molar-refractivity contribution in [3.8, 4) is 22.8 Å². The number of hydrogen-bond acceptors (Lipinski definition) is 7. The van der Waals surface area contributed by atoms with E-state index in [-0.39, 0.29) is 40.3 Å². The van der Waals surface area contributed by atoms with Gasteiger partial charge in [-0.1, -0.05) is 13.8 Å². The van der Waals surface area contributed by atoms with Crippen LogP contribution in [-0.4, -0.2) is 50.9 Å². The van der Waals surface area contributed by atoms with Gasteiger partial charge in [0.2, 0.25) is 5.88 Å². The molecule has 0 aliphatic heterocycles. The van der Waals surface area contributed by atoms with E-state index >= 15 is 0 Å². The number of aromatic nitrogens is 3. The number of rotatable bonds is 7. The molecule has 0 spiro atoms. The SMILES string of the molecule is COc1ccc(-c2cc3c(NC4CCC(N)C4(C)C)c(C(N)=Nc4ccc(O)cc4CC(F)(F)F)cnn3c2)cn1. The van der Waals surface area contributed by atoms with Gasteiger partial charge in [0, 0.05) is 41.7 Å². The molecule has 41 heavy (non-hydrogen) atoms. The molecular weight excluding hydrogens is 535 g/mol. The van der Waals surface area contributed by atoms with Gasteiger partial charge in [0.25, 0.3) is 0 Å². The number of aliphatic imine (C=N–C) groups is 1. The molecule has 0 bridgehead atoms. The molecule has 4 aromatic rings. The minimum atomic E-state index is -4.49. The van der Waals surface area contributed by atoms with Gasteiger partial charge < -0.3 is 26.6 Å². The van der Waals surface area contributed by atoms with E-state index in [1.54, 1.807) is 23.9 Å². The molecule has 1 aliphatic rings. The van der Waals surface area contributed by atoms with Gasteiger partial charge in [0.15, 0.2) is 0 Å². The number of alkyl halides is 3. The Morgan fingerprint density at radius 3 is 2.59 bits per heavy atom. The average molecular weight is 568 g/mol. The predicted molar refractivity (Wildman–Crippen MR) is 152 cm³/mol. The summed E-state index contributed by atoms with van der Waals surface area (Å²) in [6.07, 6.45) is 0.993. The van der Waals surface area contributed by atoms with Crippen molar-refractivity contribution in [2.75, 3.05) is 12.4 Å². The first kappa shape index (κ1) is 28.2. The number of methoxy groups -OCH3 is 1. The predicted octanol–water partition coefficient (Wildman–Crippen LogP) is 5.18. The van der Waals surface area contributed by atoms with E-state index in [9.17, 15) is 18.3 Å². The Morgan fingerprint density at radius 2 is 1.95 bits per heavy atom. The lowest BCUT2D eigenvalue weighted by Gasteiger charge is -2.32. The minimum Gasteiger partial charge on any atom is -0.508 e. The van der Waals surface area contributed by atoms with E-state index in [0.717, 1.165) is 30.0 Å². The Labute approximate surface area is 235 Å². The number of amidine groups is 1. The molecule has 2 unspecified atom stereocenters. The number of nitrogens with one attached hydrogen (secondary N) is 1. The summed E-state index contributed by atoms with van der Waals surface area (Å²) in [7, 11) is 1.55. The van der Waals surface area contributed by atoms with E-state index < -0.39 is 12.6 Å². The van der Waals surface area contributed by atoms with Gasteiger partial charge in [-0.15, -0.1) is 0 Å². The summed E-state index contributed by atoms with van der Waals surface area (Å²) in [4.78, 5) is 8.67. The topological polar surface area (TPSA) is 136 Å². The third-order valence-electron chi connectivity index (χ3n) is 7.83. The molecule has 3 aromatic heterocycles. The zero-order valence-corrected chi connectivity index (χ0v) is 22.9. The smallest absolute Gasteiger partial charge is 0.393 e. The highest BCUT2D eigenvalue weighted by atomic mass is 19.4. The summed E-state index contributed by atoms with van der Waals surface area (Å²) in [6.45, 7) is 4.20. The number of hydrogen-bond donors (Lipinski definition) is 4.